The second-order valence-electron chi connectivity index (χ2n) is 5.94. The molecule has 3 rings (SSSR count). The summed E-state index contributed by atoms with van der Waals surface area (Å²) in [4.78, 5) is 2.55. The van der Waals surface area contributed by atoms with Gasteiger partial charge in [0.15, 0.2) is 0 Å². The van der Waals surface area contributed by atoms with Gasteiger partial charge in [-0.2, -0.15) is 4.37 Å². The molecular weight excluding hydrogens is 266 g/mol. The molecule has 1 aromatic heterocycles. The van der Waals surface area contributed by atoms with Crippen LogP contribution in [0.2, 0.25) is 0 Å². The summed E-state index contributed by atoms with van der Waals surface area (Å²) in [7, 11) is 0. The second-order valence-corrected chi connectivity index (χ2v) is 6.70. The highest BCUT2D eigenvalue weighted by atomic mass is 32.1. The average molecular weight is 289 g/mol. The number of nitrogens with one attached hydrogen (secondary N) is 1. The van der Waals surface area contributed by atoms with Gasteiger partial charge in [-0.15, -0.1) is 0 Å². The molecule has 108 valence electrons. The first-order chi connectivity index (χ1) is 9.75. The number of aromatic nitrogens is 1. The first kappa shape index (κ1) is 13.8. The van der Waals surface area contributed by atoms with Gasteiger partial charge in [0.05, 0.1) is 5.52 Å². The number of piperidine rings is 1. The summed E-state index contributed by atoms with van der Waals surface area (Å²) in [6.45, 7) is 8.07. The van der Waals surface area contributed by atoms with Crippen molar-refractivity contribution in [1.29, 1.82) is 0 Å². The molecule has 0 spiro atoms. The molecule has 1 aromatic carbocycles. The summed E-state index contributed by atoms with van der Waals surface area (Å²) in [5, 5.41) is 6.10. The molecule has 1 N–H and O–H groups in total. The van der Waals surface area contributed by atoms with Gasteiger partial charge < -0.3 is 10.2 Å². The Balaban J connectivity index is 1.86. The van der Waals surface area contributed by atoms with Crippen LogP contribution in [0, 0.1) is 5.92 Å². The number of nitrogens with zero attached hydrogens (tertiary/aromatic N) is 2. The Morgan fingerprint density at radius 2 is 2.05 bits per heavy atom. The van der Waals surface area contributed by atoms with E-state index in [1.165, 1.54) is 36.3 Å². The van der Waals surface area contributed by atoms with Crippen LogP contribution in [0.4, 0.5) is 5.00 Å². The van der Waals surface area contributed by atoms with E-state index in [-0.39, 0.29) is 0 Å². The number of rotatable bonds is 4. The van der Waals surface area contributed by atoms with Gasteiger partial charge in [-0.3, -0.25) is 0 Å². The van der Waals surface area contributed by atoms with Crippen molar-refractivity contribution in [2.24, 2.45) is 5.92 Å². The molecule has 0 amide bonds. The van der Waals surface area contributed by atoms with Gasteiger partial charge in [0.2, 0.25) is 0 Å². The Hall–Kier alpha value is -1.13. The summed E-state index contributed by atoms with van der Waals surface area (Å²) in [6, 6.07) is 9.01. The normalized spacial score (nSPS) is 16.9. The summed E-state index contributed by atoms with van der Waals surface area (Å²) < 4.78 is 4.60. The van der Waals surface area contributed by atoms with Crippen LogP contribution in [0.25, 0.3) is 10.9 Å². The third-order valence-corrected chi connectivity index (χ3v) is 5.08. The van der Waals surface area contributed by atoms with Crippen molar-refractivity contribution in [3.63, 3.8) is 0 Å². The van der Waals surface area contributed by atoms with E-state index in [0.717, 1.165) is 18.0 Å². The average Bonchev–Trinajstić information content (AvgIpc) is 2.89. The van der Waals surface area contributed by atoms with E-state index in [4.69, 9.17) is 0 Å². The zero-order valence-electron chi connectivity index (χ0n) is 12.3. The first-order valence-electron chi connectivity index (χ1n) is 7.57. The quantitative estimate of drug-likeness (QED) is 0.933. The third-order valence-electron chi connectivity index (χ3n) is 4.16. The molecule has 0 atom stereocenters. The molecule has 1 aliphatic rings. The maximum atomic E-state index is 4.60. The predicted octanol–water partition coefficient (Wildman–Crippen LogP) is 3.51. The summed E-state index contributed by atoms with van der Waals surface area (Å²) in [5.41, 5.74) is 1.13. The zero-order valence-corrected chi connectivity index (χ0v) is 13.1. The number of fused-ring (bicyclic) bond motifs is 1. The molecule has 1 saturated heterocycles. The van der Waals surface area contributed by atoms with Gasteiger partial charge in [0, 0.05) is 18.0 Å². The third kappa shape index (κ3) is 2.81. The van der Waals surface area contributed by atoms with Crippen LogP contribution >= 0.6 is 11.5 Å². The Morgan fingerprint density at radius 3 is 2.80 bits per heavy atom. The van der Waals surface area contributed by atoms with E-state index in [2.05, 4.69) is 52.7 Å². The van der Waals surface area contributed by atoms with E-state index in [1.807, 2.05) is 0 Å². The van der Waals surface area contributed by atoms with Gasteiger partial charge in [0.25, 0.3) is 0 Å². The van der Waals surface area contributed by atoms with Crippen molar-refractivity contribution < 1.29 is 0 Å². The Bertz CT molecular complexity index is 558. The van der Waals surface area contributed by atoms with Crippen molar-refractivity contribution in [3.05, 3.63) is 24.3 Å². The van der Waals surface area contributed by atoms with Crippen LogP contribution in [0.15, 0.2) is 24.3 Å². The molecule has 0 saturated carbocycles. The van der Waals surface area contributed by atoms with E-state index < -0.39 is 0 Å². The van der Waals surface area contributed by atoms with Gasteiger partial charge in [-0.05, 0) is 69.4 Å². The van der Waals surface area contributed by atoms with Gasteiger partial charge in [0.1, 0.15) is 5.00 Å². The summed E-state index contributed by atoms with van der Waals surface area (Å²) in [6.07, 6.45) is 2.58. The van der Waals surface area contributed by atoms with E-state index in [1.54, 1.807) is 11.5 Å². The molecule has 20 heavy (non-hydrogen) atoms. The van der Waals surface area contributed by atoms with Crippen molar-refractivity contribution >= 4 is 27.4 Å². The lowest BCUT2D eigenvalue weighted by Crippen LogP contribution is -2.39. The minimum atomic E-state index is 0.522. The second kappa shape index (κ2) is 6.10. The molecule has 4 heteroatoms. The smallest absolute Gasteiger partial charge is 0.120 e. The van der Waals surface area contributed by atoms with Crippen molar-refractivity contribution in [1.82, 2.24) is 9.69 Å². The molecule has 1 aliphatic heterocycles. The van der Waals surface area contributed by atoms with E-state index in [0.29, 0.717) is 6.04 Å². The van der Waals surface area contributed by atoms with E-state index >= 15 is 0 Å². The monoisotopic (exact) mass is 289 g/mol. The van der Waals surface area contributed by atoms with Gasteiger partial charge in [-0.1, -0.05) is 12.1 Å². The predicted molar refractivity (Wildman–Crippen MR) is 87.7 cm³/mol. The van der Waals surface area contributed by atoms with E-state index in [9.17, 15) is 0 Å². The maximum Gasteiger partial charge on any atom is 0.120 e. The van der Waals surface area contributed by atoms with Crippen molar-refractivity contribution in [2.75, 3.05) is 24.5 Å². The maximum absolute atomic E-state index is 4.60. The standard InChI is InChI=1S/C16H23N3S/c1-12(2)19(11-13-7-9-17-10-8-13)16-14-5-3-4-6-15(14)18-20-16/h3-6,12-13,17H,7-11H2,1-2H3. The van der Waals surface area contributed by atoms with Crippen LogP contribution in [0.1, 0.15) is 26.7 Å². The lowest BCUT2D eigenvalue weighted by atomic mass is 9.97. The van der Waals surface area contributed by atoms with Crippen LogP contribution in [-0.2, 0) is 0 Å². The highest BCUT2D eigenvalue weighted by Gasteiger charge is 2.22. The lowest BCUT2D eigenvalue weighted by molar-refractivity contribution is 0.368. The highest BCUT2D eigenvalue weighted by molar-refractivity contribution is 7.11. The highest BCUT2D eigenvalue weighted by Crippen LogP contribution is 2.33. The number of hydrogen-bond acceptors (Lipinski definition) is 4. The summed E-state index contributed by atoms with van der Waals surface area (Å²) >= 11 is 1.65. The van der Waals surface area contributed by atoms with Gasteiger partial charge >= 0.3 is 0 Å². The van der Waals surface area contributed by atoms with Crippen molar-refractivity contribution in [3.8, 4) is 0 Å². The van der Waals surface area contributed by atoms with Crippen LogP contribution in [0.5, 0.6) is 0 Å². The SMILES string of the molecule is CC(C)N(CC1CCNCC1)c1snc2ccccc12. The molecule has 0 unspecified atom stereocenters. The Labute approximate surface area is 125 Å². The molecule has 2 heterocycles. The lowest BCUT2D eigenvalue weighted by Gasteiger charge is -2.33. The largest absolute Gasteiger partial charge is 0.359 e. The first-order valence-corrected chi connectivity index (χ1v) is 8.35. The number of anilines is 1. The Morgan fingerprint density at radius 1 is 1.30 bits per heavy atom. The molecule has 3 nitrogen and oxygen atoms in total. The molecule has 0 radical (unpaired) electrons. The topological polar surface area (TPSA) is 28.2 Å². The minimum absolute atomic E-state index is 0.522. The van der Waals surface area contributed by atoms with Crippen LogP contribution in [-0.4, -0.2) is 30.0 Å². The molecule has 2 aromatic rings. The minimum Gasteiger partial charge on any atom is -0.359 e. The number of hydrogen-bond donors (Lipinski definition) is 1. The molecule has 0 bridgehead atoms. The number of benzene rings is 1. The molecule has 1 fully saturated rings. The van der Waals surface area contributed by atoms with Crippen molar-refractivity contribution in [2.45, 2.75) is 32.7 Å². The van der Waals surface area contributed by atoms with Crippen LogP contribution in [0.3, 0.4) is 0 Å². The molecular formula is C16H23N3S. The fraction of sp³-hybridized carbons (Fsp3) is 0.562. The fourth-order valence-electron chi connectivity index (χ4n) is 2.95. The Kier molecular flexibility index (Phi) is 4.22. The fourth-order valence-corrected chi connectivity index (χ4v) is 3.96. The summed E-state index contributed by atoms with van der Waals surface area (Å²) in [5.74, 6) is 0.805. The van der Waals surface area contributed by atoms with Crippen LogP contribution < -0.4 is 10.2 Å². The zero-order chi connectivity index (χ0) is 13.9. The van der Waals surface area contributed by atoms with Gasteiger partial charge in [-0.25, -0.2) is 0 Å². The molecule has 0 aliphatic carbocycles.